The highest BCUT2D eigenvalue weighted by atomic mass is 32.1. The fourth-order valence-electron chi connectivity index (χ4n) is 1.43. The number of hydrogen-bond donors (Lipinski definition) is 1. The molecule has 0 atom stereocenters. The maximum Gasteiger partial charge on any atom is 0.346 e. The molecule has 0 spiro atoms. The highest BCUT2D eigenvalue weighted by Gasteiger charge is 2.21. The summed E-state index contributed by atoms with van der Waals surface area (Å²) in [5.74, 6) is -0.793. The van der Waals surface area contributed by atoms with Gasteiger partial charge in [-0.15, -0.1) is 11.3 Å². The molecule has 2 nitrogen and oxygen atoms in total. The molecule has 1 N–H and O–H groups in total. The van der Waals surface area contributed by atoms with E-state index in [1.165, 1.54) is 11.3 Å². The third kappa shape index (κ3) is 2.81. The zero-order chi connectivity index (χ0) is 11.6. The van der Waals surface area contributed by atoms with E-state index in [9.17, 15) is 4.79 Å². The van der Waals surface area contributed by atoms with Crippen LogP contribution in [0.3, 0.4) is 0 Å². The Kier molecular flexibility index (Phi) is 3.55. The van der Waals surface area contributed by atoms with Crippen molar-refractivity contribution < 1.29 is 9.90 Å². The lowest BCUT2D eigenvalue weighted by Gasteiger charge is -2.15. The normalized spacial score (nSPS) is 11.7. The van der Waals surface area contributed by atoms with Gasteiger partial charge >= 0.3 is 5.97 Å². The molecule has 0 unspecified atom stereocenters. The van der Waals surface area contributed by atoms with E-state index in [2.05, 4.69) is 33.8 Å². The second kappa shape index (κ2) is 4.35. The van der Waals surface area contributed by atoms with E-state index >= 15 is 0 Å². The molecule has 0 amide bonds. The summed E-state index contributed by atoms with van der Waals surface area (Å²) in [6, 6.07) is 2.05. The van der Waals surface area contributed by atoms with Gasteiger partial charge in [0.15, 0.2) is 0 Å². The smallest absolute Gasteiger partial charge is 0.346 e. The molecule has 0 aliphatic rings. The van der Waals surface area contributed by atoms with Crippen LogP contribution in [0.15, 0.2) is 6.07 Å². The number of carboxylic acids is 1. The Morgan fingerprint density at radius 3 is 2.47 bits per heavy atom. The molecule has 0 aromatic carbocycles. The Morgan fingerprint density at radius 1 is 1.47 bits per heavy atom. The van der Waals surface area contributed by atoms with Crippen molar-refractivity contribution in [3.8, 4) is 0 Å². The summed E-state index contributed by atoms with van der Waals surface area (Å²) >= 11 is 1.41. The van der Waals surface area contributed by atoms with Crippen LogP contribution in [0, 0.1) is 0 Å². The maximum absolute atomic E-state index is 11.0. The van der Waals surface area contributed by atoms with Crippen LogP contribution in [0.4, 0.5) is 0 Å². The monoisotopic (exact) mass is 226 g/mol. The fraction of sp³-hybridized carbons (Fsp3) is 0.583. The van der Waals surface area contributed by atoms with Gasteiger partial charge in [-0.1, -0.05) is 34.1 Å². The van der Waals surface area contributed by atoms with Crippen LogP contribution in [-0.2, 0) is 11.8 Å². The summed E-state index contributed by atoms with van der Waals surface area (Å²) in [5.41, 5.74) is 1.03. The van der Waals surface area contributed by atoms with Gasteiger partial charge in [0, 0.05) is 4.88 Å². The van der Waals surface area contributed by atoms with Crippen molar-refractivity contribution >= 4 is 17.3 Å². The number of aromatic carboxylic acids is 1. The van der Waals surface area contributed by atoms with Gasteiger partial charge in [-0.25, -0.2) is 4.79 Å². The van der Waals surface area contributed by atoms with Gasteiger partial charge in [0.1, 0.15) is 4.88 Å². The first-order valence-electron chi connectivity index (χ1n) is 5.22. The van der Waals surface area contributed by atoms with Gasteiger partial charge in [-0.2, -0.15) is 0 Å². The molecule has 0 aliphatic heterocycles. The van der Waals surface area contributed by atoms with Crippen LogP contribution in [0.1, 0.15) is 54.2 Å². The van der Waals surface area contributed by atoms with Crippen LogP contribution in [-0.4, -0.2) is 11.1 Å². The van der Waals surface area contributed by atoms with Gasteiger partial charge in [-0.05, 0) is 23.5 Å². The molecular formula is C12H18O2S. The van der Waals surface area contributed by atoms with Crippen LogP contribution in [0.25, 0.3) is 0 Å². The maximum atomic E-state index is 11.0. The van der Waals surface area contributed by atoms with E-state index in [-0.39, 0.29) is 5.41 Å². The SMILES string of the molecule is CCCc1cc(C(C)(C)C)sc1C(=O)O. The second-order valence-electron chi connectivity index (χ2n) is 4.77. The zero-order valence-corrected chi connectivity index (χ0v) is 10.6. The first-order chi connectivity index (χ1) is 6.86. The Morgan fingerprint density at radius 2 is 2.07 bits per heavy atom. The molecule has 0 fully saturated rings. The number of aryl methyl sites for hydroxylation is 1. The van der Waals surface area contributed by atoms with Crippen LogP contribution in [0.5, 0.6) is 0 Å². The Bertz CT molecular complexity index is 358. The molecule has 1 aromatic rings. The molecule has 0 aliphatic carbocycles. The van der Waals surface area contributed by atoms with Crippen molar-refractivity contribution in [2.45, 2.75) is 46.0 Å². The molecule has 15 heavy (non-hydrogen) atoms. The van der Waals surface area contributed by atoms with Crippen LogP contribution >= 0.6 is 11.3 Å². The van der Waals surface area contributed by atoms with Crippen molar-refractivity contribution in [2.24, 2.45) is 0 Å². The Hall–Kier alpha value is -0.830. The van der Waals surface area contributed by atoms with E-state index in [0.717, 1.165) is 23.3 Å². The highest BCUT2D eigenvalue weighted by molar-refractivity contribution is 7.14. The summed E-state index contributed by atoms with van der Waals surface area (Å²) in [6.45, 7) is 8.40. The predicted octanol–water partition coefficient (Wildman–Crippen LogP) is 3.70. The molecule has 3 heteroatoms. The standard InChI is InChI=1S/C12H18O2S/c1-5-6-8-7-9(12(2,3)4)15-10(8)11(13)14/h7H,5-6H2,1-4H3,(H,13,14). The minimum absolute atomic E-state index is 0.0425. The molecule has 0 bridgehead atoms. The van der Waals surface area contributed by atoms with Gasteiger partial charge in [0.2, 0.25) is 0 Å². The zero-order valence-electron chi connectivity index (χ0n) is 9.76. The quantitative estimate of drug-likeness (QED) is 0.853. The number of carbonyl (C=O) groups is 1. The summed E-state index contributed by atoms with van der Waals surface area (Å²) in [7, 11) is 0. The highest BCUT2D eigenvalue weighted by Crippen LogP contribution is 2.33. The molecule has 0 saturated carbocycles. The average Bonchev–Trinajstić information content (AvgIpc) is 2.48. The lowest BCUT2D eigenvalue weighted by atomic mass is 9.93. The molecule has 0 saturated heterocycles. The van der Waals surface area contributed by atoms with Crippen molar-refractivity contribution in [2.75, 3.05) is 0 Å². The molecule has 1 heterocycles. The van der Waals surface area contributed by atoms with E-state index < -0.39 is 5.97 Å². The third-order valence-corrected chi connectivity index (χ3v) is 3.85. The van der Waals surface area contributed by atoms with Gasteiger partial charge in [0.25, 0.3) is 0 Å². The summed E-state index contributed by atoms with van der Waals surface area (Å²) in [6.07, 6.45) is 1.84. The minimum atomic E-state index is -0.793. The second-order valence-corrected chi connectivity index (χ2v) is 5.82. The average molecular weight is 226 g/mol. The molecule has 1 aromatic heterocycles. The number of rotatable bonds is 3. The summed E-state index contributed by atoms with van der Waals surface area (Å²) < 4.78 is 0. The van der Waals surface area contributed by atoms with E-state index in [1.807, 2.05) is 0 Å². The first-order valence-corrected chi connectivity index (χ1v) is 6.04. The number of hydrogen-bond acceptors (Lipinski definition) is 2. The van der Waals surface area contributed by atoms with Gasteiger partial charge in [0.05, 0.1) is 0 Å². The number of carboxylic acid groups (broad SMARTS) is 1. The Labute approximate surface area is 94.9 Å². The lowest BCUT2D eigenvalue weighted by Crippen LogP contribution is -2.08. The predicted molar refractivity (Wildman–Crippen MR) is 64.0 cm³/mol. The largest absolute Gasteiger partial charge is 0.477 e. The molecule has 84 valence electrons. The molecule has 1 rings (SSSR count). The van der Waals surface area contributed by atoms with E-state index in [4.69, 9.17) is 5.11 Å². The lowest BCUT2D eigenvalue weighted by molar-refractivity contribution is 0.0701. The first kappa shape index (κ1) is 12.2. The van der Waals surface area contributed by atoms with E-state index in [1.54, 1.807) is 0 Å². The Balaban J connectivity index is 3.15. The minimum Gasteiger partial charge on any atom is -0.477 e. The number of thiophene rings is 1. The van der Waals surface area contributed by atoms with Crippen LogP contribution < -0.4 is 0 Å². The fourth-order valence-corrected chi connectivity index (χ4v) is 2.54. The topological polar surface area (TPSA) is 37.3 Å². The summed E-state index contributed by atoms with van der Waals surface area (Å²) in [4.78, 5) is 12.7. The molecular weight excluding hydrogens is 208 g/mol. The molecule has 0 radical (unpaired) electrons. The van der Waals surface area contributed by atoms with Crippen LogP contribution in [0.2, 0.25) is 0 Å². The summed E-state index contributed by atoms with van der Waals surface area (Å²) in [5, 5.41) is 9.08. The van der Waals surface area contributed by atoms with Crippen molar-refractivity contribution in [3.05, 3.63) is 21.4 Å². The van der Waals surface area contributed by atoms with Crippen molar-refractivity contribution in [1.29, 1.82) is 0 Å². The third-order valence-electron chi connectivity index (χ3n) is 2.26. The van der Waals surface area contributed by atoms with Gasteiger partial charge < -0.3 is 5.11 Å². The van der Waals surface area contributed by atoms with Crippen molar-refractivity contribution in [3.63, 3.8) is 0 Å². The van der Waals surface area contributed by atoms with Gasteiger partial charge in [-0.3, -0.25) is 0 Å². The van der Waals surface area contributed by atoms with E-state index in [0.29, 0.717) is 4.88 Å². The van der Waals surface area contributed by atoms with Crippen molar-refractivity contribution in [1.82, 2.24) is 0 Å².